The Labute approximate surface area is 128 Å². The van der Waals surface area contributed by atoms with Crippen LogP contribution in [0.2, 0.25) is 0 Å². The van der Waals surface area contributed by atoms with Crippen molar-refractivity contribution in [3.05, 3.63) is 58.1 Å². The van der Waals surface area contributed by atoms with Crippen LogP contribution in [0.3, 0.4) is 0 Å². The molecular weight excluding hydrogens is 314 g/mol. The maximum Gasteiger partial charge on any atom is 0.131 e. The molecule has 0 aliphatic heterocycles. The zero-order valence-corrected chi connectivity index (χ0v) is 13.1. The number of hydrogen-bond donors (Lipinski definition) is 1. The minimum Gasteiger partial charge on any atom is -0.457 e. The van der Waals surface area contributed by atoms with Crippen molar-refractivity contribution in [2.24, 2.45) is 0 Å². The lowest BCUT2D eigenvalue weighted by Gasteiger charge is -2.13. The van der Waals surface area contributed by atoms with Gasteiger partial charge in [-0.25, -0.2) is 0 Å². The van der Waals surface area contributed by atoms with Gasteiger partial charge in [-0.15, -0.1) is 0 Å². The molecule has 1 aliphatic rings. The first-order valence-electron chi connectivity index (χ1n) is 6.97. The lowest BCUT2D eigenvalue weighted by molar-refractivity contribution is 0.472. The number of aryl methyl sites for hydroxylation is 1. The van der Waals surface area contributed by atoms with Crippen molar-refractivity contribution in [3.8, 4) is 11.5 Å². The van der Waals surface area contributed by atoms with E-state index in [4.69, 9.17) is 4.74 Å². The normalized spacial score (nSPS) is 14.3. The Morgan fingerprint density at radius 2 is 1.90 bits per heavy atom. The molecule has 1 N–H and O–H groups in total. The molecule has 0 spiro atoms. The van der Waals surface area contributed by atoms with Crippen molar-refractivity contribution in [3.63, 3.8) is 0 Å². The summed E-state index contributed by atoms with van der Waals surface area (Å²) in [6.45, 7) is 2.99. The van der Waals surface area contributed by atoms with Gasteiger partial charge in [-0.05, 0) is 50.1 Å². The summed E-state index contributed by atoms with van der Waals surface area (Å²) < 4.78 is 7.07. The fourth-order valence-electron chi connectivity index (χ4n) is 2.12. The Morgan fingerprint density at radius 1 is 1.15 bits per heavy atom. The number of nitrogens with one attached hydrogen (secondary N) is 1. The monoisotopic (exact) mass is 331 g/mol. The first kappa shape index (κ1) is 13.7. The molecule has 3 heteroatoms. The van der Waals surface area contributed by atoms with E-state index in [1.165, 1.54) is 24.0 Å². The molecule has 2 nitrogen and oxygen atoms in total. The molecule has 3 rings (SSSR count). The fraction of sp³-hybridized carbons (Fsp3) is 0.294. The van der Waals surface area contributed by atoms with Gasteiger partial charge in [0, 0.05) is 22.6 Å². The first-order chi connectivity index (χ1) is 9.70. The Morgan fingerprint density at radius 3 is 2.60 bits per heavy atom. The van der Waals surface area contributed by atoms with E-state index in [1.54, 1.807) is 0 Å². The van der Waals surface area contributed by atoms with Gasteiger partial charge < -0.3 is 10.1 Å². The van der Waals surface area contributed by atoms with E-state index in [-0.39, 0.29) is 0 Å². The fourth-order valence-corrected chi connectivity index (χ4v) is 2.38. The summed E-state index contributed by atoms with van der Waals surface area (Å²) in [4.78, 5) is 0. The molecule has 0 unspecified atom stereocenters. The van der Waals surface area contributed by atoms with Crippen molar-refractivity contribution < 1.29 is 4.74 Å². The Balaban J connectivity index is 1.77. The molecule has 0 atom stereocenters. The standard InChI is InChI=1S/C17H18BrNO/c1-12-2-9-17(13(10-12)11-19-15-5-6-15)20-16-7-3-14(18)4-8-16/h2-4,7-10,15,19H,5-6,11H2,1H3. The Kier molecular flexibility index (Phi) is 4.08. The van der Waals surface area contributed by atoms with Gasteiger partial charge in [-0.1, -0.05) is 33.6 Å². The van der Waals surface area contributed by atoms with Gasteiger partial charge in [0.05, 0.1) is 0 Å². The van der Waals surface area contributed by atoms with Gasteiger partial charge in [-0.3, -0.25) is 0 Å². The van der Waals surface area contributed by atoms with Crippen LogP contribution in [0.4, 0.5) is 0 Å². The molecule has 0 aromatic heterocycles. The summed E-state index contributed by atoms with van der Waals surface area (Å²) in [6, 6.07) is 15.0. The van der Waals surface area contributed by atoms with Crippen LogP contribution in [0, 0.1) is 6.92 Å². The average molecular weight is 332 g/mol. The molecule has 104 valence electrons. The minimum absolute atomic E-state index is 0.705. The molecule has 1 saturated carbocycles. The lowest BCUT2D eigenvalue weighted by atomic mass is 10.1. The second-order valence-corrected chi connectivity index (χ2v) is 6.24. The largest absolute Gasteiger partial charge is 0.457 e. The molecule has 1 aliphatic carbocycles. The molecule has 2 aromatic rings. The van der Waals surface area contributed by atoms with E-state index in [0.29, 0.717) is 6.04 Å². The van der Waals surface area contributed by atoms with Crippen LogP contribution in [0.1, 0.15) is 24.0 Å². The number of rotatable bonds is 5. The predicted molar refractivity (Wildman–Crippen MR) is 85.3 cm³/mol. The first-order valence-corrected chi connectivity index (χ1v) is 7.76. The van der Waals surface area contributed by atoms with Crippen LogP contribution in [-0.4, -0.2) is 6.04 Å². The van der Waals surface area contributed by atoms with Crippen molar-refractivity contribution in [2.75, 3.05) is 0 Å². The molecule has 0 amide bonds. The van der Waals surface area contributed by atoms with Crippen molar-refractivity contribution in [1.29, 1.82) is 0 Å². The van der Waals surface area contributed by atoms with E-state index in [1.807, 2.05) is 24.3 Å². The molecule has 20 heavy (non-hydrogen) atoms. The highest BCUT2D eigenvalue weighted by molar-refractivity contribution is 9.10. The van der Waals surface area contributed by atoms with E-state index in [2.05, 4.69) is 46.4 Å². The third-order valence-electron chi connectivity index (χ3n) is 3.42. The minimum atomic E-state index is 0.705. The summed E-state index contributed by atoms with van der Waals surface area (Å²) in [5.41, 5.74) is 2.49. The number of halogens is 1. The highest BCUT2D eigenvalue weighted by Gasteiger charge is 2.20. The SMILES string of the molecule is Cc1ccc(Oc2ccc(Br)cc2)c(CNC2CC2)c1. The third kappa shape index (κ3) is 3.62. The van der Waals surface area contributed by atoms with Gasteiger partial charge in [-0.2, -0.15) is 0 Å². The average Bonchev–Trinajstić information content (AvgIpc) is 3.25. The predicted octanol–water partition coefficient (Wildman–Crippen LogP) is 4.80. The van der Waals surface area contributed by atoms with Crippen molar-refractivity contribution in [1.82, 2.24) is 5.32 Å². The number of benzene rings is 2. The highest BCUT2D eigenvalue weighted by Crippen LogP contribution is 2.28. The lowest BCUT2D eigenvalue weighted by Crippen LogP contribution is -2.15. The van der Waals surface area contributed by atoms with Crippen molar-refractivity contribution in [2.45, 2.75) is 32.4 Å². The van der Waals surface area contributed by atoms with Crippen LogP contribution in [-0.2, 0) is 6.54 Å². The topological polar surface area (TPSA) is 21.3 Å². The second kappa shape index (κ2) is 5.98. The summed E-state index contributed by atoms with van der Waals surface area (Å²) in [5.74, 6) is 1.80. The van der Waals surface area contributed by atoms with Gasteiger partial charge in [0.15, 0.2) is 0 Å². The van der Waals surface area contributed by atoms with Crippen molar-refractivity contribution >= 4 is 15.9 Å². The van der Waals surface area contributed by atoms with Crippen LogP contribution < -0.4 is 10.1 Å². The zero-order chi connectivity index (χ0) is 13.9. The molecule has 0 heterocycles. The smallest absolute Gasteiger partial charge is 0.131 e. The molecule has 1 fully saturated rings. The molecule has 0 saturated heterocycles. The Bertz CT molecular complexity index is 590. The van der Waals surface area contributed by atoms with Crippen LogP contribution in [0.25, 0.3) is 0 Å². The third-order valence-corrected chi connectivity index (χ3v) is 3.94. The number of ether oxygens (including phenoxy) is 1. The molecule has 0 bridgehead atoms. The zero-order valence-electron chi connectivity index (χ0n) is 11.5. The summed E-state index contributed by atoms with van der Waals surface area (Å²) in [7, 11) is 0. The maximum atomic E-state index is 6.01. The maximum absolute atomic E-state index is 6.01. The summed E-state index contributed by atoms with van der Waals surface area (Å²) in [5, 5.41) is 3.55. The summed E-state index contributed by atoms with van der Waals surface area (Å²) >= 11 is 3.44. The molecule has 0 radical (unpaired) electrons. The number of hydrogen-bond acceptors (Lipinski definition) is 2. The van der Waals surface area contributed by atoms with Gasteiger partial charge >= 0.3 is 0 Å². The second-order valence-electron chi connectivity index (χ2n) is 5.32. The van der Waals surface area contributed by atoms with E-state index in [9.17, 15) is 0 Å². The van der Waals surface area contributed by atoms with Gasteiger partial charge in [0.25, 0.3) is 0 Å². The quantitative estimate of drug-likeness (QED) is 0.849. The van der Waals surface area contributed by atoms with Crippen LogP contribution in [0.5, 0.6) is 11.5 Å². The highest BCUT2D eigenvalue weighted by atomic mass is 79.9. The van der Waals surface area contributed by atoms with Crippen LogP contribution in [0.15, 0.2) is 46.9 Å². The van der Waals surface area contributed by atoms with Gasteiger partial charge in [0.2, 0.25) is 0 Å². The van der Waals surface area contributed by atoms with E-state index < -0.39 is 0 Å². The molecular formula is C17H18BrNO. The van der Waals surface area contributed by atoms with E-state index in [0.717, 1.165) is 22.5 Å². The summed E-state index contributed by atoms with van der Waals surface area (Å²) in [6.07, 6.45) is 2.60. The van der Waals surface area contributed by atoms with E-state index >= 15 is 0 Å². The molecule has 2 aromatic carbocycles. The van der Waals surface area contributed by atoms with Gasteiger partial charge in [0.1, 0.15) is 11.5 Å². The Hall–Kier alpha value is -1.32. The van der Waals surface area contributed by atoms with Crippen LogP contribution >= 0.6 is 15.9 Å².